The van der Waals surface area contributed by atoms with E-state index in [0.717, 1.165) is 25.7 Å². The second-order valence-electron chi connectivity index (χ2n) is 2.70. The molecule has 2 nitrogen and oxygen atoms in total. The van der Waals surface area contributed by atoms with Crippen LogP contribution < -0.4 is 0 Å². The number of hydrogen-bond acceptors (Lipinski definition) is 2. The maximum absolute atomic E-state index is 10.1. The summed E-state index contributed by atoms with van der Waals surface area (Å²) in [6.07, 6.45) is 4.16. The summed E-state index contributed by atoms with van der Waals surface area (Å²) in [6, 6.07) is 0. The lowest BCUT2D eigenvalue weighted by molar-refractivity contribution is -0.137. The quantitative estimate of drug-likeness (QED) is 0.481. The molecule has 1 atom stereocenters. The first-order valence-electron chi connectivity index (χ1n) is 4.06. The molecular weight excluding hydrogens is 160 g/mol. The minimum Gasteiger partial charge on any atom is -0.481 e. The van der Waals surface area contributed by atoms with Crippen LogP contribution in [0.2, 0.25) is 0 Å². The van der Waals surface area contributed by atoms with Crippen LogP contribution in [0.4, 0.5) is 0 Å². The molecule has 0 aliphatic carbocycles. The summed E-state index contributed by atoms with van der Waals surface area (Å²) in [5, 5.41) is 8.76. The van der Waals surface area contributed by atoms with Crippen LogP contribution in [0.3, 0.4) is 0 Å². The average Bonchev–Trinajstić information content (AvgIpc) is 1.97. The lowest BCUT2D eigenvalue weighted by Gasteiger charge is -2.05. The summed E-state index contributed by atoms with van der Waals surface area (Å²) in [7, 11) is 0. The second-order valence-corrected chi connectivity index (χ2v) is 3.43. The van der Waals surface area contributed by atoms with Crippen LogP contribution in [0.1, 0.15) is 39.0 Å². The molecule has 0 radical (unpaired) electrons. The normalized spacial score (nSPS) is 12.9. The lowest BCUT2D eigenvalue weighted by Crippen LogP contribution is -1.98. The van der Waals surface area contributed by atoms with Crippen molar-refractivity contribution in [3.8, 4) is 0 Å². The largest absolute Gasteiger partial charge is 0.481 e. The molecule has 0 saturated carbocycles. The van der Waals surface area contributed by atoms with Crippen molar-refractivity contribution >= 4 is 18.6 Å². The average molecular weight is 176 g/mol. The molecule has 0 bridgehead atoms. The first-order valence-corrected chi connectivity index (χ1v) is 4.58. The number of rotatable bonds is 6. The van der Waals surface area contributed by atoms with Crippen molar-refractivity contribution in [2.24, 2.45) is 0 Å². The van der Waals surface area contributed by atoms with E-state index < -0.39 is 5.97 Å². The van der Waals surface area contributed by atoms with Gasteiger partial charge in [0.25, 0.3) is 0 Å². The summed E-state index contributed by atoms with van der Waals surface area (Å²) < 4.78 is 0. The van der Waals surface area contributed by atoms with Crippen molar-refractivity contribution in [1.29, 1.82) is 0 Å². The molecule has 0 rings (SSSR count). The third kappa shape index (κ3) is 7.72. The van der Waals surface area contributed by atoms with E-state index >= 15 is 0 Å². The molecule has 3 heteroatoms. The van der Waals surface area contributed by atoms with E-state index in [1.807, 2.05) is 0 Å². The highest BCUT2D eigenvalue weighted by Crippen LogP contribution is 2.11. The maximum Gasteiger partial charge on any atom is 0.303 e. The molecule has 0 aliphatic heterocycles. The summed E-state index contributed by atoms with van der Waals surface area (Å²) in [5.74, 6) is -0.697. The van der Waals surface area contributed by atoms with E-state index in [0.29, 0.717) is 11.7 Å². The zero-order valence-corrected chi connectivity index (χ0v) is 7.81. The van der Waals surface area contributed by atoms with E-state index in [1.54, 1.807) is 0 Å². The van der Waals surface area contributed by atoms with E-state index in [-0.39, 0.29) is 0 Å². The van der Waals surface area contributed by atoms with E-state index in [1.165, 1.54) is 0 Å². The fourth-order valence-electron chi connectivity index (χ4n) is 0.860. The third-order valence-corrected chi connectivity index (χ3v) is 2.27. The molecule has 66 valence electrons. The zero-order valence-electron chi connectivity index (χ0n) is 6.92. The fraction of sp³-hybridized carbons (Fsp3) is 0.875. The predicted molar refractivity (Wildman–Crippen MR) is 49.2 cm³/mol. The number of hydrogen-bond donors (Lipinski definition) is 2. The van der Waals surface area contributed by atoms with Crippen LogP contribution in [-0.4, -0.2) is 16.3 Å². The molecule has 0 fully saturated rings. The summed E-state index contributed by atoms with van der Waals surface area (Å²) in [5.41, 5.74) is 0. The first-order chi connectivity index (χ1) is 5.16. The number of carboxylic acid groups (broad SMARTS) is 1. The van der Waals surface area contributed by atoms with Gasteiger partial charge in [-0.25, -0.2) is 0 Å². The Kier molecular flexibility index (Phi) is 6.42. The molecule has 0 amide bonds. The van der Waals surface area contributed by atoms with E-state index in [2.05, 4.69) is 19.6 Å². The Morgan fingerprint density at radius 1 is 1.55 bits per heavy atom. The molecule has 11 heavy (non-hydrogen) atoms. The van der Waals surface area contributed by atoms with Crippen molar-refractivity contribution in [2.45, 2.75) is 44.3 Å². The number of carboxylic acids is 1. The molecule has 0 heterocycles. The zero-order chi connectivity index (χ0) is 8.69. The Balaban J connectivity index is 3.08. The van der Waals surface area contributed by atoms with E-state index in [4.69, 9.17) is 5.11 Å². The Labute approximate surface area is 73.4 Å². The van der Waals surface area contributed by atoms with Crippen molar-refractivity contribution < 1.29 is 9.90 Å². The minimum absolute atomic E-state index is 0.296. The van der Waals surface area contributed by atoms with Gasteiger partial charge in [-0.3, -0.25) is 4.79 Å². The van der Waals surface area contributed by atoms with Crippen LogP contribution in [0, 0.1) is 0 Å². The number of carbonyl (C=O) groups is 1. The van der Waals surface area contributed by atoms with Gasteiger partial charge in [0.05, 0.1) is 0 Å². The van der Waals surface area contributed by atoms with Crippen molar-refractivity contribution in [3.05, 3.63) is 0 Å². The van der Waals surface area contributed by atoms with E-state index in [9.17, 15) is 4.79 Å². The molecule has 0 aromatic rings. The Bertz CT molecular complexity index is 115. The van der Waals surface area contributed by atoms with Gasteiger partial charge in [-0.05, 0) is 19.3 Å². The molecular formula is C8H16O2S. The van der Waals surface area contributed by atoms with Crippen LogP contribution in [-0.2, 0) is 4.79 Å². The van der Waals surface area contributed by atoms with Crippen molar-refractivity contribution in [2.75, 3.05) is 0 Å². The van der Waals surface area contributed by atoms with Gasteiger partial charge in [-0.2, -0.15) is 12.6 Å². The smallest absolute Gasteiger partial charge is 0.303 e. The van der Waals surface area contributed by atoms with Crippen LogP contribution in [0.25, 0.3) is 0 Å². The molecule has 0 unspecified atom stereocenters. The van der Waals surface area contributed by atoms with Gasteiger partial charge in [-0.15, -0.1) is 0 Å². The first kappa shape index (κ1) is 10.8. The Hall–Kier alpha value is -0.180. The van der Waals surface area contributed by atoms with Gasteiger partial charge in [-0.1, -0.05) is 13.3 Å². The molecule has 0 aliphatic rings. The summed E-state index contributed by atoms with van der Waals surface area (Å²) in [4.78, 5) is 10.1. The van der Waals surface area contributed by atoms with Gasteiger partial charge in [0, 0.05) is 11.7 Å². The monoisotopic (exact) mass is 176 g/mol. The molecule has 1 N–H and O–H groups in total. The highest BCUT2D eigenvalue weighted by Gasteiger charge is 2.00. The molecule has 0 spiro atoms. The predicted octanol–water partition coefficient (Wildman–Crippen LogP) is 2.34. The Morgan fingerprint density at radius 3 is 2.64 bits per heavy atom. The van der Waals surface area contributed by atoms with Gasteiger partial charge in [0.2, 0.25) is 0 Å². The standard InChI is InChI=1S/C8H16O2S/c1-2-7(11)5-3-4-6-8(9)10/h7,11H,2-6H2,1H3,(H,9,10)/t7-/m1/s1. The van der Waals surface area contributed by atoms with Crippen LogP contribution >= 0.6 is 12.6 Å². The molecule has 0 saturated heterocycles. The van der Waals surface area contributed by atoms with Crippen molar-refractivity contribution in [1.82, 2.24) is 0 Å². The highest BCUT2D eigenvalue weighted by atomic mass is 32.1. The minimum atomic E-state index is -0.697. The lowest BCUT2D eigenvalue weighted by atomic mass is 10.1. The SMILES string of the molecule is CC[C@@H](S)CCCCC(=O)O. The fourth-order valence-corrected chi connectivity index (χ4v) is 1.04. The number of unbranched alkanes of at least 4 members (excludes halogenated alkanes) is 1. The Morgan fingerprint density at radius 2 is 2.18 bits per heavy atom. The number of thiol groups is 1. The summed E-state index contributed by atoms with van der Waals surface area (Å²) in [6.45, 7) is 2.09. The van der Waals surface area contributed by atoms with Gasteiger partial charge < -0.3 is 5.11 Å². The second kappa shape index (κ2) is 6.53. The third-order valence-electron chi connectivity index (χ3n) is 1.65. The van der Waals surface area contributed by atoms with Gasteiger partial charge >= 0.3 is 5.97 Å². The molecule has 0 aromatic heterocycles. The van der Waals surface area contributed by atoms with Gasteiger partial charge in [0.1, 0.15) is 0 Å². The molecule has 0 aromatic carbocycles. The maximum atomic E-state index is 10.1. The van der Waals surface area contributed by atoms with Crippen LogP contribution in [0.5, 0.6) is 0 Å². The number of aliphatic carboxylic acids is 1. The highest BCUT2D eigenvalue weighted by molar-refractivity contribution is 7.80. The van der Waals surface area contributed by atoms with Gasteiger partial charge in [0.15, 0.2) is 0 Å². The topological polar surface area (TPSA) is 37.3 Å². The van der Waals surface area contributed by atoms with Crippen molar-refractivity contribution in [3.63, 3.8) is 0 Å². The van der Waals surface area contributed by atoms with Crippen LogP contribution in [0.15, 0.2) is 0 Å². The summed E-state index contributed by atoms with van der Waals surface area (Å²) >= 11 is 4.31.